The molecule has 1 aliphatic carbocycles. The predicted octanol–water partition coefficient (Wildman–Crippen LogP) is 4.74. The summed E-state index contributed by atoms with van der Waals surface area (Å²) in [5.74, 6) is 1.10. The van der Waals surface area contributed by atoms with Crippen LogP contribution in [0, 0.1) is 6.92 Å². The number of carbonyl (C=O) groups is 1. The van der Waals surface area contributed by atoms with Gasteiger partial charge in [0.1, 0.15) is 22.6 Å². The third-order valence-electron chi connectivity index (χ3n) is 6.40. The Kier molecular flexibility index (Phi) is 7.13. The summed E-state index contributed by atoms with van der Waals surface area (Å²) in [5, 5.41) is 5.96. The first-order valence-corrected chi connectivity index (χ1v) is 12.2. The van der Waals surface area contributed by atoms with Crippen molar-refractivity contribution in [1.82, 2.24) is 15.2 Å². The number of thiazole rings is 1. The lowest BCUT2D eigenvalue weighted by molar-refractivity contribution is 0.0748. The van der Waals surface area contributed by atoms with E-state index < -0.39 is 0 Å². The van der Waals surface area contributed by atoms with Crippen LogP contribution in [0.5, 0.6) is 11.5 Å². The largest absolute Gasteiger partial charge is 0.497 e. The summed E-state index contributed by atoms with van der Waals surface area (Å²) in [4.78, 5) is 20.2. The number of nitrogens with zero attached hydrogens (tertiary/aromatic N) is 2. The number of piperidine rings is 1. The van der Waals surface area contributed by atoms with Crippen LogP contribution in [0.3, 0.4) is 0 Å². The Hall–Kier alpha value is -2.12. The van der Waals surface area contributed by atoms with Crippen molar-refractivity contribution in [3.8, 4) is 11.5 Å². The SMILES string of the molecule is COc1ccc(OC2CCN(C3CCCC3)CC2)c(C(=O)N[C@@H](C)c2nc(C)cs2)c1. The van der Waals surface area contributed by atoms with E-state index in [0.717, 1.165) is 42.7 Å². The molecular formula is C24H33N3O3S. The van der Waals surface area contributed by atoms with Crippen LogP contribution in [0.15, 0.2) is 23.6 Å². The highest BCUT2D eigenvalue weighted by molar-refractivity contribution is 7.09. The van der Waals surface area contributed by atoms with E-state index >= 15 is 0 Å². The van der Waals surface area contributed by atoms with Crippen molar-refractivity contribution in [1.29, 1.82) is 0 Å². The molecule has 1 N–H and O–H groups in total. The van der Waals surface area contributed by atoms with Crippen molar-refractivity contribution < 1.29 is 14.3 Å². The zero-order valence-electron chi connectivity index (χ0n) is 18.7. The van der Waals surface area contributed by atoms with Crippen molar-refractivity contribution in [3.63, 3.8) is 0 Å². The second kappa shape index (κ2) is 10.0. The number of aryl methyl sites for hydroxylation is 1. The molecule has 2 aromatic rings. The standard InChI is InChI=1S/C24H33N3O3S/c1-16-15-31-24(25-16)17(2)26-23(28)21-14-20(29-3)8-9-22(21)30-19-10-12-27(13-11-19)18-6-4-5-7-18/h8-9,14-15,17-19H,4-7,10-13H2,1-3H3,(H,26,28)/t17-/m0/s1. The molecule has 168 valence electrons. The highest BCUT2D eigenvalue weighted by Crippen LogP contribution is 2.30. The van der Waals surface area contributed by atoms with Gasteiger partial charge >= 0.3 is 0 Å². The lowest BCUT2D eigenvalue weighted by atomic mass is 10.0. The number of hydrogen-bond donors (Lipinski definition) is 1. The number of methoxy groups -OCH3 is 1. The third kappa shape index (κ3) is 5.39. The number of amides is 1. The zero-order chi connectivity index (χ0) is 21.8. The summed E-state index contributed by atoms with van der Waals surface area (Å²) in [6.45, 7) is 6.07. The van der Waals surface area contributed by atoms with E-state index in [9.17, 15) is 4.79 Å². The van der Waals surface area contributed by atoms with Crippen LogP contribution < -0.4 is 14.8 Å². The summed E-state index contributed by atoms with van der Waals surface area (Å²) < 4.78 is 11.7. The second-order valence-electron chi connectivity index (χ2n) is 8.68. The molecule has 0 spiro atoms. The van der Waals surface area contributed by atoms with E-state index in [0.29, 0.717) is 17.1 Å². The number of hydrogen-bond acceptors (Lipinski definition) is 6. The molecule has 0 bridgehead atoms. The summed E-state index contributed by atoms with van der Waals surface area (Å²) in [6.07, 6.45) is 7.54. The monoisotopic (exact) mass is 443 g/mol. The van der Waals surface area contributed by atoms with E-state index in [1.54, 1.807) is 24.5 Å². The van der Waals surface area contributed by atoms with E-state index in [1.807, 2.05) is 31.4 Å². The fourth-order valence-corrected chi connectivity index (χ4v) is 5.43. The van der Waals surface area contributed by atoms with Gasteiger partial charge in [-0.05, 0) is 57.7 Å². The minimum Gasteiger partial charge on any atom is -0.497 e. The fourth-order valence-electron chi connectivity index (χ4n) is 4.63. The molecular weight excluding hydrogens is 410 g/mol. The van der Waals surface area contributed by atoms with Gasteiger partial charge in [0, 0.05) is 30.2 Å². The van der Waals surface area contributed by atoms with Gasteiger partial charge in [0.25, 0.3) is 5.91 Å². The van der Waals surface area contributed by atoms with Gasteiger partial charge in [-0.3, -0.25) is 4.79 Å². The minimum atomic E-state index is -0.169. The van der Waals surface area contributed by atoms with Crippen molar-refractivity contribution >= 4 is 17.2 Å². The van der Waals surface area contributed by atoms with Crippen molar-refractivity contribution in [2.24, 2.45) is 0 Å². The second-order valence-corrected chi connectivity index (χ2v) is 9.57. The molecule has 0 unspecified atom stereocenters. The Labute approximate surface area is 189 Å². The third-order valence-corrected chi connectivity index (χ3v) is 7.54. The molecule has 2 aliphatic rings. The maximum Gasteiger partial charge on any atom is 0.255 e. The lowest BCUT2D eigenvalue weighted by Gasteiger charge is -2.36. The first kappa shape index (κ1) is 22.1. The van der Waals surface area contributed by atoms with Crippen LogP contribution in [0.25, 0.3) is 0 Å². The Bertz CT molecular complexity index is 886. The number of benzene rings is 1. The zero-order valence-corrected chi connectivity index (χ0v) is 19.5. The van der Waals surface area contributed by atoms with Gasteiger partial charge in [0.15, 0.2) is 0 Å². The highest BCUT2D eigenvalue weighted by atomic mass is 32.1. The summed E-state index contributed by atoms with van der Waals surface area (Å²) in [5.41, 5.74) is 1.48. The number of nitrogens with one attached hydrogen (secondary N) is 1. The van der Waals surface area contributed by atoms with Crippen molar-refractivity contribution in [3.05, 3.63) is 39.8 Å². The molecule has 0 radical (unpaired) electrons. The van der Waals surface area contributed by atoms with Crippen LogP contribution in [0.1, 0.15) is 72.6 Å². The molecule has 2 fully saturated rings. The van der Waals surface area contributed by atoms with Crippen LogP contribution in [-0.2, 0) is 0 Å². The number of ether oxygens (including phenoxy) is 2. The Balaban J connectivity index is 1.42. The first-order chi connectivity index (χ1) is 15.0. The van der Waals surface area contributed by atoms with Gasteiger partial charge < -0.3 is 19.7 Å². The van der Waals surface area contributed by atoms with Gasteiger partial charge in [-0.15, -0.1) is 11.3 Å². The summed E-state index contributed by atoms with van der Waals surface area (Å²) >= 11 is 1.56. The predicted molar refractivity (Wildman–Crippen MR) is 123 cm³/mol. The van der Waals surface area contributed by atoms with Crippen LogP contribution >= 0.6 is 11.3 Å². The smallest absolute Gasteiger partial charge is 0.255 e. The first-order valence-electron chi connectivity index (χ1n) is 11.3. The number of rotatable bonds is 7. The molecule has 31 heavy (non-hydrogen) atoms. The molecule has 7 heteroatoms. The van der Waals surface area contributed by atoms with Crippen molar-refractivity contribution in [2.75, 3.05) is 20.2 Å². The van der Waals surface area contributed by atoms with Gasteiger partial charge in [0.05, 0.1) is 18.7 Å². The van der Waals surface area contributed by atoms with Crippen LogP contribution in [0.4, 0.5) is 0 Å². The lowest BCUT2D eigenvalue weighted by Crippen LogP contribution is -2.43. The quantitative estimate of drug-likeness (QED) is 0.670. The molecule has 1 atom stereocenters. The van der Waals surface area contributed by atoms with Gasteiger partial charge in [-0.2, -0.15) is 0 Å². The van der Waals surface area contributed by atoms with Crippen LogP contribution in [0.2, 0.25) is 0 Å². The topological polar surface area (TPSA) is 63.7 Å². The maximum atomic E-state index is 13.1. The molecule has 2 heterocycles. The van der Waals surface area contributed by atoms with E-state index in [2.05, 4.69) is 15.2 Å². The summed E-state index contributed by atoms with van der Waals surface area (Å²) in [7, 11) is 1.61. The highest BCUT2D eigenvalue weighted by Gasteiger charge is 2.28. The average molecular weight is 444 g/mol. The molecule has 1 saturated heterocycles. The Morgan fingerprint density at radius 3 is 2.61 bits per heavy atom. The van der Waals surface area contributed by atoms with Gasteiger partial charge in [0.2, 0.25) is 0 Å². The normalized spacial score (nSPS) is 19.3. The minimum absolute atomic E-state index is 0.136. The number of aromatic nitrogens is 1. The summed E-state index contributed by atoms with van der Waals surface area (Å²) in [6, 6.07) is 6.07. The average Bonchev–Trinajstić information content (AvgIpc) is 3.46. The van der Waals surface area contributed by atoms with Gasteiger partial charge in [-0.1, -0.05) is 12.8 Å². The molecule has 1 aromatic carbocycles. The van der Waals surface area contributed by atoms with E-state index in [1.165, 1.54) is 25.7 Å². The Morgan fingerprint density at radius 1 is 1.23 bits per heavy atom. The molecule has 1 aliphatic heterocycles. The fraction of sp³-hybridized carbons (Fsp3) is 0.583. The molecule has 6 nitrogen and oxygen atoms in total. The van der Waals surface area contributed by atoms with Gasteiger partial charge in [-0.25, -0.2) is 4.98 Å². The molecule has 1 amide bonds. The number of carbonyl (C=O) groups excluding carboxylic acids is 1. The number of likely N-dealkylation sites (tertiary alicyclic amines) is 1. The van der Waals surface area contributed by atoms with Crippen molar-refractivity contribution in [2.45, 2.75) is 70.6 Å². The molecule has 1 aromatic heterocycles. The Morgan fingerprint density at radius 2 is 1.97 bits per heavy atom. The van der Waals surface area contributed by atoms with E-state index in [-0.39, 0.29) is 18.1 Å². The van der Waals surface area contributed by atoms with Crippen LogP contribution in [-0.4, -0.2) is 48.1 Å². The molecule has 1 saturated carbocycles. The maximum absolute atomic E-state index is 13.1. The van der Waals surface area contributed by atoms with E-state index in [4.69, 9.17) is 9.47 Å². The molecule has 4 rings (SSSR count).